The Hall–Kier alpha value is -2.37. The molecule has 0 unspecified atom stereocenters. The first-order valence-electron chi connectivity index (χ1n) is 8.84. The molecule has 0 fully saturated rings. The van der Waals surface area contributed by atoms with Gasteiger partial charge in [0.1, 0.15) is 24.7 Å². The fraction of sp³-hybridized carbons (Fsp3) is 0.381. The van der Waals surface area contributed by atoms with Crippen LogP contribution in [0.5, 0.6) is 11.5 Å². The number of fused-ring (bicyclic) bond motifs is 3. The molecule has 0 radical (unpaired) electrons. The van der Waals surface area contributed by atoms with Crippen molar-refractivity contribution in [2.45, 2.75) is 0 Å². The third-order valence-electron chi connectivity index (χ3n) is 4.38. The second-order valence-corrected chi connectivity index (χ2v) is 7.02. The van der Waals surface area contributed by atoms with Crippen molar-refractivity contribution >= 4 is 5.78 Å². The SMILES string of the molecule is CN(C)CCOc1ccc2c(c1)-c1c(OCCN(C)C)cccc1C2=O. The van der Waals surface area contributed by atoms with E-state index in [1.807, 2.05) is 64.6 Å². The second kappa shape index (κ2) is 7.89. The molecular formula is C21H26N2O3. The monoisotopic (exact) mass is 354 g/mol. The predicted molar refractivity (Wildman–Crippen MR) is 103 cm³/mol. The Morgan fingerprint density at radius 1 is 0.808 bits per heavy atom. The molecule has 1 aliphatic rings. The zero-order valence-electron chi connectivity index (χ0n) is 15.9. The summed E-state index contributed by atoms with van der Waals surface area (Å²) in [4.78, 5) is 16.9. The lowest BCUT2D eigenvalue weighted by Gasteiger charge is -2.14. The molecule has 0 spiro atoms. The van der Waals surface area contributed by atoms with Gasteiger partial charge in [0.25, 0.3) is 0 Å². The van der Waals surface area contributed by atoms with Crippen molar-refractivity contribution in [3.63, 3.8) is 0 Å². The van der Waals surface area contributed by atoms with Gasteiger partial charge in [-0.05, 0) is 52.5 Å². The number of carbonyl (C=O) groups is 1. The molecule has 0 amide bonds. The van der Waals surface area contributed by atoms with Gasteiger partial charge in [0.15, 0.2) is 5.78 Å². The maximum atomic E-state index is 12.7. The van der Waals surface area contributed by atoms with Crippen molar-refractivity contribution in [3.05, 3.63) is 47.5 Å². The highest BCUT2D eigenvalue weighted by molar-refractivity contribution is 6.22. The molecule has 0 bridgehead atoms. The van der Waals surface area contributed by atoms with Crippen LogP contribution in [0.15, 0.2) is 36.4 Å². The zero-order valence-corrected chi connectivity index (χ0v) is 15.9. The van der Waals surface area contributed by atoms with Crippen molar-refractivity contribution in [1.82, 2.24) is 9.80 Å². The van der Waals surface area contributed by atoms with Crippen LogP contribution in [-0.4, -0.2) is 70.1 Å². The summed E-state index contributed by atoms with van der Waals surface area (Å²) in [5.74, 6) is 1.57. The van der Waals surface area contributed by atoms with E-state index in [-0.39, 0.29) is 5.78 Å². The molecule has 0 saturated heterocycles. The van der Waals surface area contributed by atoms with Gasteiger partial charge in [-0.15, -0.1) is 0 Å². The summed E-state index contributed by atoms with van der Waals surface area (Å²) in [6.45, 7) is 2.84. The van der Waals surface area contributed by atoms with Crippen molar-refractivity contribution < 1.29 is 14.3 Å². The average molecular weight is 354 g/mol. The number of ketones is 1. The van der Waals surface area contributed by atoms with Gasteiger partial charge in [-0.2, -0.15) is 0 Å². The van der Waals surface area contributed by atoms with Crippen LogP contribution in [-0.2, 0) is 0 Å². The Morgan fingerprint density at radius 3 is 2.19 bits per heavy atom. The summed E-state index contributed by atoms with van der Waals surface area (Å²) < 4.78 is 11.8. The van der Waals surface area contributed by atoms with Gasteiger partial charge >= 0.3 is 0 Å². The second-order valence-electron chi connectivity index (χ2n) is 7.02. The molecule has 0 aromatic heterocycles. The highest BCUT2D eigenvalue weighted by Crippen LogP contribution is 2.43. The molecule has 0 aliphatic heterocycles. The molecule has 0 atom stereocenters. The number of ether oxygens (including phenoxy) is 2. The summed E-state index contributed by atoms with van der Waals surface area (Å²) in [5.41, 5.74) is 3.19. The number of hydrogen-bond acceptors (Lipinski definition) is 5. The zero-order chi connectivity index (χ0) is 18.7. The van der Waals surface area contributed by atoms with Crippen molar-refractivity contribution in [2.75, 3.05) is 54.5 Å². The molecule has 26 heavy (non-hydrogen) atoms. The number of carbonyl (C=O) groups excluding carboxylic acids is 1. The molecule has 5 nitrogen and oxygen atoms in total. The van der Waals surface area contributed by atoms with Gasteiger partial charge in [-0.25, -0.2) is 0 Å². The largest absolute Gasteiger partial charge is 0.492 e. The van der Waals surface area contributed by atoms with E-state index >= 15 is 0 Å². The maximum absolute atomic E-state index is 12.7. The normalized spacial score (nSPS) is 12.5. The fourth-order valence-corrected chi connectivity index (χ4v) is 2.97. The third-order valence-corrected chi connectivity index (χ3v) is 4.38. The molecule has 138 valence electrons. The van der Waals surface area contributed by atoms with E-state index in [2.05, 4.69) is 9.80 Å². The molecule has 0 saturated carbocycles. The van der Waals surface area contributed by atoms with Crippen LogP contribution < -0.4 is 9.47 Å². The summed E-state index contributed by atoms with van der Waals surface area (Å²) >= 11 is 0. The van der Waals surface area contributed by atoms with Gasteiger partial charge in [-0.3, -0.25) is 4.79 Å². The third kappa shape index (κ3) is 3.89. The van der Waals surface area contributed by atoms with Crippen molar-refractivity contribution in [2.24, 2.45) is 0 Å². The van der Waals surface area contributed by atoms with Crippen LogP contribution in [0, 0.1) is 0 Å². The Balaban J connectivity index is 1.88. The van der Waals surface area contributed by atoms with Crippen molar-refractivity contribution in [3.8, 4) is 22.6 Å². The summed E-state index contributed by atoms with van der Waals surface area (Å²) in [5, 5.41) is 0. The smallest absolute Gasteiger partial charge is 0.194 e. The topological polar surface area (TPSA) is 42.0 Å². The molecule has 2 aromatic rings. The van der Waals surface area contributed by atoms with E-state index in [0.717, 1.165) is 35.7 Å². The molecule has 2 aromatic carbocycles. The minimum atomic E-state index is 0.0490. The number of hydrogen-bond donors (Lipinski definition) is 0. The maximum Gasteiger partial charge on any atom is 0.194 e. The van der Waals surface area contributed by atoms with E-state index in [1.165, 1.54) is 0 Å². The minimum absolute atomic E-state index is 0.0490. The first-order valence-corrected chi connectivity index (χ1v) is 8.84. The van der Waals surface area contributed by atoms with Crippen LogP contribution >= 0.6 is 0 Å². The number of benzene rings is 2. The predicted octanol–water partition coefficient (Wildman–Crippen LogP) is 2.78. The van der Waals surface area contributed by atoms with Gasteiger partial charge < -0.3 is 19.3 Å². The average Bonchev–Trinajstić information content (AvgIpc) is 2.88. The Kier molecular flexibility index (Phi) is 5.59. The highest BCUT2D eigenvalue weighted by Gasteiger charge is 2.29. The van der Waals surface area contributed by atoms with Crippen LogP contribution in [0.25, 0.3) is 11.1 Å². The minimum Gasteiger partial charge on any atom is -0.492 e. The van der Waals surface area contributed by atoms with Gasteiger partial charge in [0, 0.05) is 35.3 Å². The van der Waals surface area contributed by atoms with Crippen molar-refractivity contribution in [1.29, 1.82) is 0 Å². The highest BCUT2D eigenvalue weighted by atomic mass is 16.5. The quantitative estimate of drug-likeness (QED) is 0.622. The molecule has 5 heteroatoms. The molecule has 0 N–H and O–H groups in total. The number of rotatable bonds is 8. The summed E-state index contributed by atoms with van der Waals surface area (Å²) in [6, 6.07) is 11.3. The van der Waals surface area contributed by atoms with E-state index in [0.29, 0.717) is 24.3 Å². The van der Waals surface area contributed by atoms with Crippen LogP contribution in [0.2, 0.25) is 0 Å². The van der Waals surface area contributed by atoms with Crippen LogP contribution in [0.3, 0.4) is 0 Å². The summed E-state index contributed by atoms with van der Waals surface area (Å²) in [6.07, 6.45) is 0. The summed E-state index contributed by atoms with van der Waals surface area (Å²) in [7, 11) is 8.04. The molecule has 0 heterocycles. The fourth-order valence-electron chi connectivity index (χ4n) is 2.97. The molecule has 3 rings (SSSR count). The Morgan fingerprint density at radius 2 is 1.50 bits per heavy atom. The molecule has 1 aliphatic carbocycles. The van der Waals surface area contributed by atoms with Gasteiger partial charge in [0.2, 0.25) is 0 Å². The van der Waals surface area contributed by atoms with Gasteiger partial charge in [-0.1, -0.05) is 12.1 Å². The van der Waals surface area contributed by atoms with E-state index in [4.69, 9.17) is 9.47 Å². The lowest BCUT2D eigenvalue weighted by atomic mass is 10.0. The number of likely N-dealkylation sites (N-methyl/N-ethyl adjacent to an activating group) is 2. The first kappa shape index (κ1) is 18.4. The molecular weight excluding hydrogens is 328 g/mol. The van der Waals surface area contributed by atoms with Crippen LogP contribution in [0.4, 0.5) is 0 Å². The van der Waals surface area contributed by atoms with E-state index in [1.54, 1.807) is 0 Å². The Bertz CT molecular complexity index is 800. The number of nitrogens with zero attached hydrogens (tertiary/aromatic N) is 2. The Labute approximate surface area is 155 Å². The standard InChI is InChI=1S/C21H26N2O3/c1-22(2)10-12-25-15-8-9-16-18(14-15)20-17(21(16)24)6-5-7-19(20)26-13-11-23(3)4/h5-9,14H,10-13H2,1-4H3. The van der Waals surface area contributed by atoms with E-state index in [9.17, 15) is 4.79 Å². The van der Waals surface area contributed by atoms with E-state index < -0.39 is 0 Å². The van der Waals surface area contributed by atoms with Crippen LogP contribution in [0.1, 0.15) is 15.9 Å². The lowest BCUT2D eigenvalue weighted by molar-refractivity contribution is 0.104. The first-order chi connectivity index (χ1) is 12.5. The lowest BCUT2D eigenvalue weighted by Crippen LogP contribution is -2.19. The van der Waals surface area contributed by atoms with Gasteiger partial charge in [0.05, 0.1) is 0 Å².